The largest absolute Gasteiger partial charge is 0.375 e. The van der Waals surface area contributed by atoms with Gasteiger partial charge in [0.2, 0.25) is 5.91 Å². The van der Waals surface area contributed by atoms with Crippen molar-refractivity contribution in [3.8, 4) is 0 Å². The molecule has 3 rings (SSSR count). The lowest BCUT2D eigenvalue weighted by Gasteiger charge is -2.36. The Morgan fingerprint density at radius 3 is 2.84 bits per heavy atom. The number of hydrogen-bond acceptors (Lipinski definition) is 5. The van der Waals surface area contributed by atoms with Crippen molar-refractivity contribution in [2.45, 2.75) is 18.5 Å². The second-order valence-corrected chi connectivity index (χ2v) is 6.11. The first-order chi connectivity index (χ1) is 12.0. The Balaban J connectivity index is 1.56. The highest BCUT2D eigenvalue weighted by atomic mass is 19.1. The van der Waals surface area contributed by atoms with Crippen LogP contribution in [0.1, 0.15) is 23.2 Å². The van der Waals surface area contributed by atoms with Crippen molar-refractivity contribution < 1.29 is 18.7 Å². The summed E-state index contributed by atoms with van der Waals surface area (Å²) >= 11 is 0. The number of hydrogen-bond donors (Lipinski definition) is 1. The Kier molecular flexibility index (Phi) is 4.93. The topological polar surface area (TPSA) is 88.8 Å². The third kappa shape index (κ3) is 3.76. The fourth-order valence-corrected chi connectivity index (χ4v) is 2.89. The monoisotopic (exact) mass is 349 g/mol. The predicted molar refractivity (Wildman–Crippen MR) is 86.8 cm³/mol. The Hall–Kier alpha value is -2.55. The van der Waals surface area contributed by atoms with E-state index in [0.717, 1.165) is 0 Å². The Morgan fingerprint density at radius 2 is 2.12 bits per heavy atom. The second kappa shape index (κ2) is 7.14. The molecule has 1 aliphatic heterocycles. The fraction of sp³-hybridized carbons (Fsp3) is 0.500. The highest BCUT2D eigenvalue weighted by molar-refractivity contribution is 6.00. The summed E-state index contributed by atoms with van der Waals surface area (Å²) in [5, 5.41) is 6.70. The molecule has 2 aromatic rings. The molecule has 1 aliphatic rings. The van der Waals surface area contributed by atoms with Gasteiger partial charge in [0.25, 0.3) is 5.91 Å². The number of methoxy groups -OCH3 is 1. The van der Waals surface area contributed by atoms with Gasteiger partial charge in [-0.3, -0.25) is 14.6 Å². The van der Waals surface area contributed by atoms with E-state index in [9.17, 15) is 14.0 Å². The molecule has 2 aromatic heterocycles. The van der Waals surface area contributed by atoms with E-state index in [-0.39, 0.29) is 31.9 Å². The number of alkyl halides is 1. The summed E-state index contributed by atoms with van der Waals surface area (Å²) in [7, 11) is 1.45. The normalized spacial score (nSPS) is 16.8. The highest BCUT2D eigenvalue weighted by Gasteiger charge is 2.36. The summed E-state index contributed by atoms with van der Waals surface area (Å²) in [5.41, 5.74) is -0.613. The Labute approximate surface area is 144 Å². The summed E-state index contributed by atoms with van der Waals surface area (Å²) in [6.45, 7) is 0.527. The van der Waals surface area contributed by atoms with Crippen molar-refractivity contribution in [2.24, 2.45) is 0 Å². The molecular weight excluding hydrogens is 329 g/mol. The molecule has 0 spiro atoms. The van der Waals surface area contributed by atoms with Gasteiger partial charge in [-0.15, -0.1) is 0 Å². The molecule has 25 heavy (non-hydrogen) atoms. The van der Waals surface area contributed by atoms with Crippen molar-refractivity contribution in [2.75, 3.05) is 33.4 Å². The first-order valence-corrected chi connectivity index (χ1v) is 8.04. The van der Waals surface area contributed by atoms with Crippen LogP contribution in [0.2, 0.25) is 0 Å². The summed E-state index contributed by atoms with van der Waals surface area (Å²) < 4.78 is 21.2. The molecule has 1 N–H and O–H groups in total. The lowest BCUT2D eigenvalue weighted by atomic mass is 9.93. The van der Waals surface area contributed by atoms with E-state index >= 15 is 0 Å². The molecule has 0 saturated carbocycles. The zero-order valence-corrected chi connectivity index (χ0v) is 13.9. The Morgan fingerprint density at radius 1 is 1.36 bits per heavy atom. The lowest BCUT2D eigenvalue weighted by molar-refractivity contribution is -0.137. The van der Waals surface area contributed by atoms with Gasteiger partial charge in [0.15, 0.2) is 0 Å². The van der Waals surface area contributed by atoms with Crippen LogP contribution in [0.4, 0.5) is 4.39 Å². The third-order valence-electron chi connectivity index (χ3n) is 4.42. The molecule has 9 heteroatoms. The molecule has 0 aromatic carbocycles. The molecular formula is C16H20FN5O3. The van der Waals surface area contributed by atoms with Crippen molar-refractivity contribution in [1.82, 2.24) is 24.8 Å². The Bertz CT molecular complexity index is 770. The number of likely N-dealkylation sites (tertiary alicyclic amines) is 1. The van der Waals surface area contributed by atoms with Gasteiger partial charge >= 0.3 is 0 Å². The number of nitrogens with one attached hydrogen (secondary N) is 1. The van der Waals surface area contributed by atoms with Crippen LogP contribution in [0.3, 0.4) is 0 Å². The number of amides is 2. The quantitative estimate of drug-likeness (QED) is 0.846. The van der Waals surface area contributed by atoms with Crippen molar-refractivity contribution in [1.29, 1.82) is 0 Å². The van der Waals surface area contributed by atoms with E-state index in [1.165, 1.54) is 24.0 Å². The minimum atomic E-state index is -1.53. The molecule has 0 aliphatic carbocycles. The average Bonchev–Trinajstić information content (AvgIpc) is 3.05. The summed E-state index contributed by atoms with van der Waals surface area (Å²) in [6.07, 6.45) is 6.53. The number of nitrogens with zero attached hydrogens (tertiary/aromatic N) is 4. The van der Waals surface area contributed by atoms with Gasteiger partial charge < -0.3 is 15.0 Å². The van der Waals surface area contributed by atoms with E-state index in [1.54, 1.807) is 17.3 Å². The summed E-state index contributed by atoms with van der Waals surface area (Å²) in [5.74, 6) is -0.537. The first kappa shape index (κ1) is 17.3. The molecule has 0 radical (unpaired) electrons. The van der Waals surface area contributed by atoms with Crippen molar-refractivity contribution >= 4 is 17.3 Å². The van der Waals surface area contributed by atoms with E-state index in [1.807, 2.05) is 0 Å². The fourth-order valence-electron chi connectivity index (χ4n) is 2.89. The van der Waals surface area contributed by atoms with Crippen LogP contribution in [-0.2, 0) is 9.53 Å². The van der Waals surface area contributed by atoms with Gasteiger partial charge in [-0.1, -0.05) is 0 Å². The zero-order valence-electron chi connectivity index (χ0n) is 13.9. The van der Waals surface area contributed by atoms with Crippen LogP contribution in [0, 0.1) is 0 Å². The van der Waals surface area contributed by atoms with E-state index in [0.29, 0.717) is 24.2 Å². The van der Waals surface area contributed by atoms with Gasteiger partial charge in [0.05, 0.1) is 30.0 Å². The number of carbonyl (C=O) groups is 2. The number of piperidine rings is 1. The molecule has 0 unspecified atom stereocenters. The number of aromatic nitrogens is 3. The predicted octanol–water partition coefficient (Wildman–Crippen LogP) is 0.436. The number of fused-ring (bicyclic) bond motifs is 1. The van der Waals surface area contributed by atoms with Gasteiger partial charge in [-0.2, -0.15) is 5.10 Å². The van der Waals surface area contributed by atoms with E-state index in [2.05, 4.69) is 15.4 Å². The van der Waals surface area contributed by atoms with Gasteiger partial charge in [0.1, 0.15) is 12.3 Å². The maximum atomic E-state index is 14.9. The van der Waals surface area contributed by atoms with Crippen LogP contribution >= 0.6 is 0 Å². The molecule has 0 atom stereocenters. The van der Waals surface area contributed by atoms with Crippen LogP contribution in [-0.4, -0.2) is 70.3 Å². The summed E-state index contributed by atoms with van der Waals surface area (Å²) in [6, 6.07) is 0. The molecule has 0 bridgehead atoms. The SMILES string of the molecule is COCC(=O)N1CCC(F)(CNC(=O)c2cnn3ccncc23)CC1. The molecule has 8 nitrogen and oxygen atoms in total. The molecule has 3 heterocycles. The minimum Gasteiger partial charge on any atom is -0.375 e. The lowest BCUT2D eigenvalue weighted by Crippen LogP contribution is -2.50. The number of halogens is 1. The van der Waals surface area contributed by atoms with Crippen LogP contribution in [0.15, 0.2) is 24.8 Å². The molecule has 134 valence electrons. The highest BCUT2D eigenvalue weighted by Crippen LogP contribution is 2.26. The van der Waals surface area contributed by atoms with Gasteiger partial charge in [-0.05, 0) is 0 Å². The molecule has 2 amide bonds. The first-order valence-electron chi connectivity index (χ1n) is 8.04. The molecule has 1 fully saturated rings. The van der Waals surface area contributed by atoms with Crippen molar-refractivity contribution in [3.63, 3.8) is 0 Å². The number of rotatable bonds is 5. The van der Waals surface area contributed by atoms with Gasteiger partial charge in [-0.25, -0.2) is 8.91 Å². The van der Waals surface area contributed by atoms with Crippen molar-refractivity contribution in [3.05, 3.63) is 30.4 Å². The number of ether oxygens (including phenoxy) is 1. The maximum absolute atomic E-state index is 14.9. The number of carbonyl (C=O) groups excluding carboxylic acids is 2. The van der Waals surface area contributed by atoms with E-state index in [4.69, 9.17) is 4.74 Å². The zero-order chi connectivity index (χ0) is 17.9. The molecule has 1 saturated heterocycles. The standard InChI is InChI=1S/C16H20FN5O3/c1-25-10-14(23)21-5-2-16(17,3-6-21)11-19-15(24)12-8-20-22-7-4-18-9-13(12)22/h4,7-9H,2-3,5-6,10-11H2,1H3,(H,19,24). The minimum absolute atomic E-state index is 0.00120. The maximum Gasteiger partial charge on any atom is 0.255 e. The smallest absolute Gasteiger partial charge is 0.255 e. The van der Waals surface area contributed by atoms with Crippen LogP contribution < -0.4 is 5.32 Å². The van der Waals surface area contributed by atoms with Crippen LogP contribution in [0.5, 0.6) is 0 Å². The van der Waals surface area contributed by atoms with E-state index < -0.39 is 11.6 Å². The average molecular weight is 349 g/mol. The summed E-state index contributed by atoms with van der Waals surface area (Å²) in [4.78, 5) is 29.6. The van der Waals surface area contributed by atoms with Crippen LogP contribution in [0.25, 0.3) is 5.52 Å². The second-order valence-electron chi connectivity index (χ2n) is 6.11. The van der Waals surface area contributed by atoms with Gasteiger partial charge in [0, 0.05) is 45.4 Å². The third-order valence-corrected chi connectivity index (χ3v) is 4.42.